The third-order valence-corrected chi connectivity index (χ3v) is 16.7. The quantitative estimate of drug-likeness (QED) is 0.386. The number of allylic oxidation sites excluding steroid dienone is 1. The molecular formula is C35H46O2Si. The summed E-state index contributed by atoms with van der Waals surface area (Å²) in [5.74, 6) is 2.56. The Kier molecular flexibility index (Phi) is 6.43. The van der Waals surface area contributed by atoms with Crippen molar-refractivity contribution in [3.63, 3.8) is 0 Å². The molecule has 0 radical (unpaired) electrons. The highest BCUT2D eigenvalue weighted by atomic mass is 28.4. The van der Waals surface area contributed by atoms with Gasteiger partial charge in [0.15, 0.2) is 5.78 Å². The van der Waals surface area contributed by atoms with Crippen LogP contribution in [0, 0.1) is 28.6 Å². The third kappa shape index (κ3) is 3.86. The van der Waals surface area contributed by atoms with Crippen molar-refractivity contribution < 1.29 is 9.22 Å². The van der Waals surface area contributed by atoms with Gasteiger partial charge in [-0.05, 0) is 95.0 Å². The Morgan fingerprint density at radius 2 is 1.42 bits per heavy atom. The van der Waals surface area contributed by atoms with Crippen LogP contribution in [0.3, 0.4) is 0 Å². The van der Waals surface area contributed by atoms with Crippen molar-refractivity contribution in [1.82, 2.24) is 0 Å². The lowest BCUT2D eigenvalue weighted by molar-refractivity contribution is -0.117. The molecule has 3 fully saturated rings. The van der Waals surface area contributed by atoms with Crippen LogP contribution in [0.4, 0.5) is 0 Å². The second-order valence-corrected chi connectivity index (χ2v) is 18.6. The Morgan fingerprint density at radius 1 is 0.789 bits per heavy atom. The molecule has 0 bridgehead atoms. The molecule has 6 atom stereocenters. The molecule has 4 aliphatic rings. The van der Waals surface area contributed by atoms with Gasteiger partial charge in [-0.3, -0.25) is 4.79 Å². The van der Waals surface area contributed by atoms with Crippen LogP contribution in [0.2, 0.25) is 5.04 Å². The Morgan fingerprint density at radius 3 is 2.03 bits per heavy atom. The minimum absolute atomic E-state index is 0.00794. The molecule has 3 saturated carbocycles. The van der Waals surface area contributed by atoms with E-state index in [4.69, 9.17) is 4.43 Å². The standard InChI is InChI=1S/C35H46O2Si/c1-33(2,3)38(27-12-8-6-9-13-27,28-14-10-7-11-15-28)37-32-19-18-30-29-17-16-25-24-26(36)20-22-34(25,4)31(29)21-23-35(30,32)5/h6-15,24,29-32H,16-23H2,1-5H3/t29-,30+,31+,32-,34-,35-/m0/s1. The van der Waals surface area contributed by atoms with Crippen LogP contribution < -0.4 is 10.4 Å². The first-order valence-corrected chi connectivity index (χ1v) is 17.0. The molecule has 2 aromatic rings. The van der Waals surface area contributed by atoms with Crippen molar-refractivity contribution in [3.8, 4) is 0 Å². The summed E-state index contributed by atoms with van der Waals surface area (Å²) >= 11 is 0. The Labute approximate surface area is 231 Å². The van der Waals surface area contributed by atoms with Crippen LogP contribution in [-0.4, -0.2) is 20.2 Å². The van der Waals surface area contributed by atoms with Crippen molar-refractivity contribution >= 4 is 24.5 Å². The van der Waals surface area contributed by atoms with E-state index < -0.39 is 8.32 Å². The highest BCUT2D eigenvalue weighted by Gasteiger charge is 2.62. The zero-order chi connectivity index (χ0) is 26.8. The van der Waals surface area contributed by atoms with E-state index in [-0.39, 0.29) is 22.0 Å². The molecule has 6 rings (SSSR count). The van der Waals surface area contributed by atoms with E-state index in [2.05, 4.69) is 95.3 Å². The molecule has 0 heterocycles. The molecule has 38 heavy (non-hydrogen) atoms. The Bertz CT molecular complexity index is 1170. The van der Waals surface area contributed by atoms with Crippen LogP contribution in [0.1, 0.15) is 86.0 Å². The number of fused-ring (bicyclic) bond motifs is 5. The first-order chi connectivity index (χ1) is 18.1. The molecule has 2 aromatic carbocycles. The fraction of sp³-hybridized carbons (Fsp3) is 0.571. The summed E-state index contributed by atoms with van der Waals surface area (Å²) in [6, 6.07) is 22.4. The number of benzene rings is 2. The average Bonchev–Trinajstić information content (AvgIpc) is 3.24. The van der Waals surface area contributed by atoms with E-state index in [0.29, 0.717) is 5.78 Å². The number of hydrogen-bond donors (Lipinski definition) is 0. The zero-order valence-corrected chi connectivity index (χ0v) is 25.1. The van der Waals surface area contributed by atoms with Gasteiger partial charge in [0.25, 0.3) is 8.32 Å². The molecule has 0 unspecified atom stereocenters. The van der Waals surface area contributed by atoms with Crippen molar-refractivity contribution in [3.05, 3.63) is 72.3 Å². The van der Waals surface area contributed by atoms with Crippen molar-refractivity contribution in [2.45, 2.75) is 97.1 Å². The van der Waals surface area contributed by atoms with Gasteiger partial charge in [-0.15, -0.1) is 0 Å². The van der Waals surface area contributed by atoms with Crippen LogP contribution in [-0.2, 0) is 9.22 Å². The molecule has 0 aliphatic heterocycles. The normalized spacial score (nSPS) is 35.2. The van der Waals surface area contributed by atoms with Gasteiger partial charge in [-0.1, -0.05) is 101 Å². The molecule has 3 heteroatoms. The van der Waals surface area contributed by atoms with Crippen molar-refractivity contribution in [2.24, 2.45) is 28.6 Å². The van der Waals surface area contributed by atoms with Crippen LogP contribution in [0.5, 0.6) is 0 Å². The van der Waals surface area contributed by atoms with Crippen molar-refractivity contribution in [1.29, 1.82) is 0 Å². The summed E-state index contributed by atoms with van der Waals surface area (Å²) in [6.07, 6.45) is 11.5. The lowest BCUT2D eigenvalue weighted by atomic mass is 9.47. The van der Waals surface area contributed by atoms with E-state index in [1.807, 2.05) is 6.08 Å². The number of rotatable bonds is 4. The molecule has 0 N–H and O–H groups in total. The van der Waals surface area contributed by atoms with E-state index in [9.17, 15) is 4.79 Å². The summed E-state index contributed by atoms with van der Waals surface area (Å²) in [5, 5.41) is 2.80. The highest BCUT2D eigenvalue weighted by Crippen LogP contribution is 2.66. The van der Waals surface area contributed by atoms with Crippen LogP contribution >= 0.6 is 0 Å². The van der Waals surface area contributed by atoms with Crippen molar-refractivity contribution in [2.75, 3.05) is 0 Å². The average molecular weight is 527 g/mol. The molecular weight excluding hydrogens is 480 g/mol. The molecule has 0 spiro atoms. The summed E-state index contributed by atoms with van der Waals surface area (Å²) in [5.41, 5.74) is 1.92. The zero-order valence-electron chi connectivity index (χ0n) is 24.1. The largest absolute Gasteiger partial charge is 0.404 e. The molecule has 0 saturated heterocycles. The fourth-order valence-corrected chi connectivity index (χ4v) is 14.4. The first kappa shape index (κ1) is 26.3. The predicted molar refractivity (Wildman–Crippen MR) is 159 cm³/mol. The van der Waals surface area contributed by atoms with Gasteiger partial charge in [0, 0.05) is 6.42 Å². The van der Waals surface area contributed by atoms with E-state index in [0.717, 1.165) is 37.0 Å². The van der Waals surface area contributed by atoms with Gasteiger partial charge in [0.1, 0.15) is 0 Å². The number of carbonyl (C=O) groups excluding carboxylic acids is 1. The minimum Gasteiger partial charge on any atom is -0.404 e. The van der Waals surface area contributed by atoms with Gasteiger partial charge in [-0.2, -0.15) is 0 Å². The predicted octanol–water partition coefficient (Wildman–Crippen LogP) is 7.46. The monoisotopic (exact) mass is 526 g/mol. The maximum atomic E-state index is 12.3. The van der Waals surface area contributed by atoms with Crippen LogP contribution in [0.15, 0.2) is 72.3 Å². The smallest absolute Gasteiger partial charge is 0.261 e. The van der Waals surface area contributed by atoms with Gasteiger partial charge < -0.3 is 4.43 Å². The van der Waals surface area contributed by atoms with E-state index >= 15 is 0 Å². The molecule has 2 nitrogen and oxygen atoms in total. The second-order valence-electron chi connectivity index (χ2n) is 14.4. The van der Waals surface area contributed by atoms with Gasteiger partial charge in [-0.25, -0.2) is 0 Å². The summed E-state index contributed by atoms with van der Waals surface area (Å²) in [7, 11) is -2.58. The minimum atomic E-state index is -2.58. The van der Waals surface area contributed by atoms with E-state index in [1.165, 1.54) is 48.1 Å². The number of ketones is 1. The SMILES string of the molecule is CC(C)(C)[Si](O[C@H]1CC[C@@H]2[C@@H]3CCC4=CC(=O)CC[C@]4(C)[C@@H]3CC[C@]12C)(c1ccccc1)c1ccccc1. The number of hydrogen-bond acceptors (Lipinski definition) is 2. The molecule has 202 valence electrons. The Hall–Kier alpha value is -1.97. The lowest BCUT2D eigenvalue weighted by Crippen LogP contribution is -2.68. The third-order valence-electron chi connectivity index (χ3n) is 11.6. The summed E-state index contributed by atoms with van der Waals surface area (Å²) < 4.78 is 7.82. The first-order valence-electron chi connectivity index (χ1n) is 15.1. The van der Waals surface area contributed by atoms with Gasteiger partial charge >= 0.3 is 0 Å². The summed E-state index contributed by atoms with van der Waals surface area (Å²) in [6.45, 7) is 12.3. The maximum absolute atomic E-state index is 12.3. The van der Waals surface area contributed by atoms with Crippen LogP contribution in [0.25, 0.3) is 0 Å². The van der Waals surface area contributed by atoms with Gasteiger partial charge in [0.2, 0.25) is 0 Å². The fourth-order valence-electron chi connectivity index (χ4n) is 9.61. The topological polar surface area (TPSA) is 26.3 Å². The lowest BCUT2D eigenvalue weighted by Gasteiger charge is -2.58. The van der Waals surface area contributed by atoms with Gasteiger partial charge in [0.05, 0.1) is 6.10 Å². The summed E-state index contributed by atoms with van der Waals surface area (Å²) in [4.78, 5) is 12.3. The second kappa shape index (κ2) is 9.30. The highest BCUT2D eigenvalue weighted by molar-refractivity contribution is 6.99. The number of carbonyl (C=O) groups is 1. The maximum Gasteiger partial charge on any atom is 0.261 e. The Balaban J connectivity index is 1.37. The molecule has 0 amide bonds. The van der Waals surface area contributed by atoms with E-state index in [1.54, 1.807) is 0 Å². The molecule has 4 aliphatic carbocycles. The molecule has 0 aromatic heterocycles.